The minimum Gasteiger partial charge on any atom is -0.368 e. The lowest BCUT2D eigenvalue weighted by Crippen LogP contribution is -2.20. The van der Waals surface area contributed by atoms with Crippen LogP contribution in [0.15, 0.2) is 49.1 Å². The molecule has 4 N–H and O–H groups in total. The maximum absolute atomic E-state index is 13.7. The van der Waals surface area contributed by atoms with Gasteiger partial charge in [0.2, 0.25) is 5.95 Å². The topological polar surface area (TPSA) is 106 Å². The molecule has 0 spiro atoms. The van der Waals surface area contributed by atoms with E-state index in [-0.39, 0.29) is 11.6 Å². The fraction of sp³-hybridized carbons (Fsp3) is 0.0526. The van der Waals surface area contributed by atoms with Gasteiger partial charge in [0.05, 0.1) is 28.7 Å². The Morgan fingerprint density at radius 1 is 0.967 bits per heavy atom. The number of hydrogen-bond acceptors (Lipinski definition) is 5. The van der Waals surface area contributed by atoms with Crippen molar-refractivity contribution in [3.05, 3.63) is 71.6 Å². The van der Waals surface area contributed by atoms with Crippen LogP contribution in [0.1, 0.15) is 16.7 Å². The average molecular weight is 416 g/mol. The zero-order valence-corrected chi connectivity index (χ0v) is 15.0. The minimum absolute atomic E-state index is 0.108. The highest BCUT2D eigenvalue weighted by Crippen LogP contribution is 2.31. The van der Waals surface area contributed by atoms with Crippen LogP contribution in [0.5, 0.6) is 0 Å². The summed E-state index contributed by atoms with van der Waals surface area (Å²) in [5.74, 6) is 4.66. The molecule has 0 bridgehead atoms. The van der Waals surface area contributed by atoms with Gasteiger partial charge < -0.3 is 16.4 Å². The number of pyridine rings is 1. The first kappa shape index (κ1) is 20.5. The summed E-state index contributed by atoms with van der Waals surface area (Å²) < 4.78 is 52.0. The van der Waals surface area contributed by atoms with Gasteiger partial charge in [-0.05, 0) is 24.3 Å². The molecule has 30 heavy (non-hydrogen) atoms. The maximum atomic E-state index is 13.7. The van der Waals surface area contributed by atoms with Crippen molar-refractivity contribution >= 4 is 23.4 Å². The summed E-state index contributed by atoms with van der Waals surface area (Å²) in [6.45, 7) is 0. The number of carbonyl (C=O) groups excluding carboxylic acids is 1. The van der Waals surface area contributed by atoms with Crippen molar-refractivity contribution in [1.82, 2.24) is 15.0 Å². The number of halogens is 4. The highest BCUT2D eigenvalue weighted by atomic mass is 19.4. The Morgan fingerprint density at radius 2 is 1.67 bits per heavy atom. The van der Waals surface area contributed by atoms with Crippen molar-refractivity contribution in [3.8, 4) is 11.8 Å². The van der Waals surface area contributed by atoms with Crippen LogP contribution in [0.3, 0.4) is 0 Å². The quantitative estimate of drug-likeness (QED) is 0.437. The normalized spacial score (nSPS) is 10.7. The van der Waals surface area contributed by atoms with E-state index >= 15 is 0 Å². The van der Waals surface area contributed by atoms with Crippen LogP contribution in [0.2, 0.25) is 0 Å². The molecule has 11 heteroatoms. The second-order valence-corrected chi connectivity index (χ2v) is 5.81. The molecular formula is C19H12F4N6O. The van der Waals surface area contributed by atoms with Crippen LogP contribution in [-0.2, 0) is 6.18 Å². The van der Waals surface area contributed by atoms with Gasteiger partial charge in [0.15, 0.2) is 0 Å². The Kier molecular flexibility index (Phi) is 5.78. The van der Waals surface area contributed by atoms with Gasteiger partial charge in [0.1, 0.15) is 5.82 Å². The number of carbonyl (C=O) groups is 1. The Hall–Kier alpha value is -4.20. The summed E-state index contributed by atoms with van der Waals surface area (Å²) in [6.07, 6.45) is 0.914. The van der Waals surface area contributed by atoms with E-state index in [0.717, 1.165) is 0 Å². The van der Waals surface area contributed by atoms with Crippen LogP contribution in [-0.4, -0.2) is 21.0 Å². The second kappa shape index (κ2) is 8.44. The molecule has 0 saturated carbocycles. The van der Waals surface area contributed by atoms with Gasteiger partial charge in [-0.15, -0.1) is 0 Å². The molecular weight excluding hydrogens is 404 g/mol. The molecule has 2 amide bonds. The maximum Gasteiger partial charge on any atom is 0.416 e. The van der Waals surface area contributed by atoms with Gasteiger partial charge in [0, 0.05) is 24.2 Å². The van der Waals surface area contributed by atoms with Crippen molar-refractivity contribution in [3.63, 3.8) is 0 Å². The molecule has 3 aromatic rings. The number of alkyl halides is 3. The van der Waals surface area contributed by atoms with Crippen molar-refractivity contribution in [1.29, 1.82) is 0 Å². The number of urea groups is 1. The average Bonchev–Trinajstić information content (AvgIpc) is 2.68. The number of nitrogens with two attached hydrogens (primary N) is 1. The molecule has 0 aliphatic carbocycles. The summed E-state index contributed by atoms with van der Waals surface area (Å²) >= 11 is 0. The van der Waals surface area contributed by atoms with E-state index in [2.05, 4.69) is 32.1 Å². The van der Waals surface area contributed by atoms with E-state index in [9.17, 15) is 22.4 Å². The number of nitrogens with zero attached hydrogens (tertiary/aromatic N) is 3. The number of nitrogen functional groups attached to an aromatic ring is 1. The van der Waals surface area contributed by atoms with E-state index < -0.39 is 29.3 Å². The highest BCUT2D eigenvalue weighted by Gasteiger charge is 2.31. The van der Waals surface area contributed by atoms with E-state index in [1.165, 1.54) is 30.9 Å². The number of benzene rings is 1. The Morgan fingerprint density at radius 3 is 2.37 bits per heavy atom. The third-order valence-electron chi connectivity index (χ3n) is 3.56. The van der Waals surface area contributed by atoms with E-state index in [0.29, 0.717) is 29.3 Å². The lowest BCUT2D eigenvalue weighted by molar-refractivity contribution is -0.137. The first-order chi connectivity index (χ1) is 14.2. The molecule has 3 rings (SSSR count). The zero-order valence-electron chi connectivity index (χ0n) is 15.0. The van der Waals surface area contributed by atoms with Crippen LogP contribution in [0, 0.1) is 17.7 Å². The highest BCUT2D eigenvalue weighted by molar-refractivity contribution is 5.99. The Bertz CT molecular complexity index is 1140. The van der Waals surface area contributed by atoms with E-state index in [1.807, 2.05) is 5.32 Å². The van der Waals surface area contributed by atoms with Gasteiger partial charge in [-0.1, -0.05) is 11.8 Å². The lowest BCUT2D eigenvalue weighted by Gasteiger charge is -2.11. The Labute approximate surface area is 167 Å². The molecule has 7 nitrogen and oxygen atoms in total. The molecule has 1 aromatic carbocycles. The van der Waals surface area contributed by atoms with Crippen molar-refractivity contribution in [2.24, 2.45) is 0 Å². The third kappa shape index (κ3) is 5.41. The van der Waals surface area contributed by atoms with Crippen LogP contribution in [0.25, 0.3) is 0 Å². The number of rotatable bonds is 2. The van der Waals surface area contributed by atoms with Crippen LogP contribution >= 0.6 is 0 Å². The molecule has 152 valence electrons. The predicted octanol–water partition coefficient (Wildman–Crippen LogP) is 3.66. The second-order valence-electron chi connectivity index (χ2n) is 5.81. The number of nitrogens with one attached hydrogen (secondary N) is 2. The van der Waals surface area contributed by atoms with Crippen LogP contribution < -0.4 is 16.4 Å². The molecule has 0 fully saturated rings. The van der Waals surface area contributed by atoms with Gasteiger partial charge in [-0.3, -0.25) is 4.98 Å². The van der Waals surface area contributed by atoms with Gasteiger partial charge >= 0.3 is 12.2 Å². The first-order valence-corrected chi connectivity index (χ1v) is 8.20. The third-order valence-corrected chi connectivity index (χ3v) is 3.56. The van der Waals surface area contributed by atoms with Crippen molar-refractivity contribution < 1.29 is 22.4 Å². The molecule has 2 heterocycles. The summed E-state index contributed by atoms with van der Waals surface area (Å²) in [5.41, 5.74) is 4.80. The van der Waals surface area contributed by atoms with Crippen molar-refractivity contribution in [2.75, 3.05) is 16.4 Å². The summed E-state index contributed by atoms with van der Waals surface area (Å²) in [6, 6.07) is 2.23. The molecule has 0 aliphatic rings. The smallest absolute Gasteiger partial charge is 0.368 e. The zero-order chi connectivity index (χ0) is 21.7. The molecule has 0 radical (unpaired) electrons. The largest absolute Gasteiger partial charge is 0.416 e. The molecule has 0 saturated heterocycles. The Balaban J connectivity index is 1.71. The minimum atomic E-state index is -4.67. The number of hydrogen-bond donors (Lipinski definition) is 3. The number of anilines is 3. The lowest BCUT2D eigenvalue weighted by atomic mass is 10.2. The van der Waals surface area contributed by atoms with Gasteiger partial charge in [-0.2, -0.15) is 13.2 Å². The molecule has 2 aromatic heterocycles. The van der Waals surface area contributed by atoms with E-state index in [1.54, 1.807) is 0 Å². The standard InChI is InChI=1S/C19H12F4N6O/c20-15-4-3-13(19(21,22)23)6-16(15)29-18(30)28-14-5-11(7-25-10-14)1-2-12-8-26-17(24)27-9-12/h3-10H,(H2,24,26,27)(H2,28,29,30). The summed E-state index contributed by atoms with van der Waals surface area (Å²) in [4.78, 5) is 23.6. The predicted molar refractivity (Wildman–Crippen MR) is 101 cm³/mol. The number of aromatic nitrogens is 3. The van der Waals surface area contributed by atoms with Crippen LogP contribution in [0.4, 0.5) is 39.7 Å². The number of amides is 2. The van der Waals surface area contributed by atoms with Gasteiger partial charge in [-0.25, -0.2) is 19.2 Å². The SMILES string of the molecule is Nc1ncc(C#Cc2cncc(NC(=O)Nc3cc(C(F)(F)F)ccc3F)c2)cn1. The molecule has 0 atom stereocenters. The summed E-state index contributed by atoms with van der Waals surface area (Å²) in [5, 5.41) is 4.39. The van der Waals surface area contributed by atoms with Crippen molar-refractivity contribution in [2.45, 2.75) is 6.18 Å². The van der Waals surface area contributed by atoms with Gasteiger partial charge in [0.25, 0.3) is 0 Å². The fourth-order valence-corrected chi connectivity index (χ4v) is 2.21. The first-order valence-electron chi connectivity index (χ1n) is 8.20. The fourth-order valence-electron chi connectivity index (χ4n) is 2.21. The molecule has 0 unspecified atom stereocenters. The molecule has 0 aliphatic heterocycles. The summed E-state index contributed by atoms with van der Waals surface area (Å²) in [7, 11) is 0. The monoisotopic (exact) mass is 416 g/mol. The van der Waals surface area contributed by atoms with E-state index in [4.69, 9.17) is 5.73 Å².